The summed E-state index contributed by atoms with van der Waals surface area (Å²) in [5, 5.41) is 10.7. The minimum Gasteiger partial charge on any atom is -0.465 e. The zero-order valence-corrected chi connectivity index (χ0v) is 12.5. The standard InChI is InChI=1S/C11H7BrClIO2/c12-7-3-4-16-11(7)10(15)6-1-2-9(14)8(13)5-6/h1-5,10,15H. The SMILES string of the molecule is OC(c1ccc(I)c(Cl)c1)c1occc1Br. The maximum absolute atomic E-state index is 10.1. The van der Waals surface area contributed by atoms with Crippen LogP contribution in [0.1, 0.15) is 17.4 Å². The monoisotopic (exact) mass is 412 g/mol. The van der Waals surface area contributed by atoms with Crippen molar-refractivity contribution in [3.63, 3.8) is 0 Å². The lowest BCUT2D eigenvalue weighted by Crippen LogP contribution is -1.99. The van der Waals surface area contributed by atoms with E-state index in [-0.39, 0.29) is 0 Å². The Kier molecular flexibility index (Phi) is 3.94. The lowest BCUT2D eigenvalue weighted by atomic mass is 10.1. The van der Waals surface area contributed by atoms with Gasteiger partial charge in [0, 0.05) is 3.57 Å². The number of hydrogen-bond donors (Lipinski definition) is 1. The summed E-state index contributed by atoms with van der Waals surface area (Å²) < 4.78 is 6.91. The third kappa shape index (κ3) is 2.45. The van der Waals surface area contributed by atoms with Crippen molar-refractivity contribution >= 4 is 50.1 Å². The van der Waals surface area contributed by atoms with Gasteiger partial charge in [0.15, 0.2) is 5.76 Å². The van der Waals surface area contributed by atoms with Crippen LogP contribution in [0.2, 0.25) is 5.02 Å². The van der Waals surface area contributed by atoms with Crippen LogP contribution in [0.3, 0.4) is 0 Å². The second-order valence-corrected chi connectivity index (χ2v) is 5.63. The highest BCUT2D eigenvalue weighted by Crippen LogP contribution is 2.31. The fourth-order valence-corrected chi connectivity index (χ4v) is 2.28. The van der Waals surface area contributed by atoms with E-state index in [0.29, 0.717) is 16.3 Å². The minimum absolute atomic E-state index is 0.484. The van der Waals surface area contributed by atoms with E-state index < -0.39 is 6.10 Å². The van der Waals surface area contributed by atoms with E-state index in [2.05, 4.69) is 38.5 Å². The van der Waals surface area contributed by atoms with Crippen LogP contribution < -0.4 is 0 Å². The van der Waals surface area contributed by atoms with Gasteiger partial charge in [-0.25, -0.2) is 0 Å². The lowest BCUT2D eigenvalue weighted by Gasteiger charge is -2.09. The summed E-state index contributed by atoms with van der Waals surface area (Å²) in [5.74, 6) is 0.484. The Morgan fingerprint density at radius 2 is 2.12 bits per heavy atom. The Labute approximate surface area is 120 Å². The van der Waals surface area contributed by atoms with E-state index in [0.717, 1.165) is 8.04 Å². The summed E-state index contributed by atoms with van der Waals surface area (Å²) in [5.41, 5.74) is 0.709. The highest BCUT2D eigenvalue weighted by Gasteiger charge is 2.17. The molecule has 1 N–H and O–H groups in total. The molecule has 1 atom stereocenters. The van der Waals surface area contributed by atoms with Gasteiger partial charge < -0.3 is 9.52 Å². The average molecular weight is 413 g/mol. The normalized spacial score (nSPS) is 12.8. The molecule has 1 aromatic heterocycles. The average Bonchev–Trinajstić information content (AvgIpc) is 2.67. The molecule has 2 nitrogen and oxygen atoms in total. The molecule has 0 amide bonds. The van der Waals surface area contributed by atoms with Crippen LogP contribution in [-0.2, 0) is 0 Å². The fourth-order valence-electron chi connectivity index (χ4n) is 1.33. The maximum atomic E-state index is 10.1. The number of hydrogen-bond acceptors (Lipinski definition) is 2. The van der Waals surface area contributed by atoms with Gasteiger partial charge in [-0.15, -0.1) is 0 Å². The van der Waals surface area contributed by atoms with Crippen LogP contribution in [-0.4, -0.2) is 5.11 Å². The Hall–Kier alpha value is -0.0400. The summed E-state index contributed by atoms with van der Waals surface area (Å²) in [7, 11) is 0. The number of aliphatic hydroxyl groups excluding tert-OH is 1. The molecule has 0 fully saturated rings. The predicted octanol–water partition coefficient (Wildman–Crippen LogP) is 4.38. The molecule has 0 radical (unpaired) electrons. The van der Waals surface area contributed by atoms with Crippen LogP contribution >= 0.6 is 50.1 Å². The molecular weight excluding hydrogens is 406 g/mol. The van der Waals surface area contributed by atoms with E-state index >= 15 is 0 Å². The van der Waals surface area contributed by atoms with Crippen molar-refractivity contribution in [3.05, 3.63) is 54.9 Å². The molecule has 0 aliphatic carbocycles. The van der Waals surface area contributed by atoms with Gasteiger partial charge in [-0.3, -0.25) is 0 Å². The zero-order chi connectivity index (χ0) is 11.7. The van der Waals surface area contributed by atoms with E-state index in [1.807, 2.05) is 12.1 Å². The van der Waals surface area contributed by atoms with Crippen molar-refractivity contribution in [2.45, 2.75) is 6.10 Å². The molecule has 5 heteroatoms. The predicted molar refractivity (Wildman–Crippen MR) is 74.6 cm³/mol. The van der Waals surface area contributed by atoms with Crippen molar-refractivity contribution in [3.8, 4) is 0 Å². The minimum atomic E-state index is -0.807. The Bertz CT molecular complexity index is 512. The number of rotatable bonds is 2. The Morgan fingerprint density at radius 3 is 2.69 bits per heavy atom. The van der Waals surface area contributed by atoms with Crippen LogP contribution in [0.15, 0.2) is 39.4 Å². The molecule has 0 bridgehead atoms. The zero-order valence-electron chi connectivity index (χ0n) is 7.95. The first-order chi connectivity index (χ1) is 7.59. The quantitative estimate of drug-likeness (QED) is 0.742. The summed E-state index contributed by atoms with van der Waals surface area (Å²) in [6.45, 7) is 0. The van der Waals surface area contributed by atoms with Gasteiger partial charge >= 0.3 is 0 Å². The number of benzene rings is 1. The van der Waals surface area contributed by atoms with Gasteiger partial charge in [0.1, 0.15) is 6.10 Å². The van der Waals surface area contributed by atoms with Gasteiger partial charge in [0.25, 0.3) is 0 Å². The molecular formula is C11H7BrClIO2. The Morgan fingerprint density at radius 1 is 1.38 bits per heavy atom. The molecule has 84 valence electrons. The number of halogens is 3. The first-order valence-corrected chi connectivity index (χ1v) is 6.70. The summed E-state index contributed by atoms with van der Waals surface area (Å²) >= 11 is 11.4. The largest absolute Gasteiger partial charge is 0.465 e. The first kappa shape index (κ1) is 12.4. The van der Waals surface area contributed by atoms with Crippen molar-refractivity contribution < 1.29 is 9.52 Å². The highest BCUT2D eigenvalue weighted by atomic mass is 127. The van der Waals surface area contributed by atoms with Gasteiger partial charge in [0.05, 0.1) is 15.8 Å². The van der Waals surface area contributed by atoms with Crippen LogP contribution in [0.25, 0.3) is 0 Å². The van der Waals surface area contributed by atoms with Gasteiger partial charge in [0.2, 0.25) is 0 Å². The fraction of sp³-hybridized carbons (Fsp3) is 0.0909. The van der Waals surface area contributed by atoms with Crippen molar-refractivity contribution in [2.24, 2.45) is 0 Å². The molecule has 0 aliphatic heterocycles. The van der Waals surface area contributed by atoms with E-state index in [9.17, 15) is 5.11 Å². The molecule has 2 aromatic rings. The molecule has 16 heavy (non-hydrogen) atoms. The smallest absolute Gasteiger partial charge is 0.150 e. The molecule has 0 saturated heterocycles. The second kappa shape index (κ2) is 5.08. The highest BCUT2D eigenvalue weighted by molar-refractivity contribution is 14.1. The molecule has 0 aliphatic rings. The summed E-state index contributed by atoms with van der Waals surface area (Å²) in [6.07, 6.45) is 0.718. The van der Waals surface area contributed by atoms with Crippen LogP contribution in [0.4, 0.5) is 0 Å². The second-order valence-electron chi connectivity index (χ2n) is 3.21. The molecule has 0 spiro atoms. The topological polar surface area (TPSA) is 33.4 Å². The summed E-state index contributed by atoms with van der Waals surface area (Å²) in [4.78, 5) is 0. The van der Waals surface area contributed by atoms with Crippen molar-refractivity contribution in [2.75, 3.05) is 0 Å². The summed E-state index contributed by atoms with van der Waals surface area (Å²) in [6, 6.07) is 7.17. The lowest BCUT2D eigenvalue weighted by molar-refractivity contribution is 0.188. The third-order valence-corrected chi connectivity index (χ3v) is 4.38. The maximum Gasteiger partial charge on any atom is 0.150 e. The molecule has 1 heterocycles. The first-order valence-electron chi connectivity index (χ1n) is 4.45. The molecule has 2 rings (SSSR count). The van der Waals surface area contributed by atoms with Gasteiger partial charge in [-0.1, -0.05) is 17.7 Å². The van der Waals surface area contributed by atoms with Gasteiger partial charge in [-0.05, 0) is 62.3 Å². The van der Waals surface area contributed by atoms with E-state index in [1.54, 1.807) is 12.1 Å². The van der Waals surface area contributed by atoms with Crippen molar-refractivity contribution in [1.82, 2.24) is 0 Å². The molecule has 1 unspecified atom stereocenters. The number of furan rings is 1. The number of aliphatic hydroxyl groups is 1. The molecule has 1 aromatic carbocycles. The van der Waals surface area contributed by atoms with Crippen LogP contribution in [0.5, 0.6) is 0 Å². The molecule has 0 saturated carbocycles. The van der Waals surface area contributed by atoms with E-state index in [4.69, 9.17) is 16.0 Å². The third-order valence-electron chi connectivity index (χ3n) is 2.15. The van der Waals surface area contributed by atoms with Crippen LogP contribution in [0, 0.1) is 3.57 Å². The van der Waals surface area contributed by atoms with E-state index in [1.165, 1.54) is 6.26 Å². The Balaban J connectivity index is 2.38. The van der Waals surface area contributed by atoms with Crippen molar-refractivity contribution in [1.29, 1.82) is 0 Å². The van der Waals surface area contributed by atoms with Gasteiger partial charge in [-0.2, -0.15) is 0 Å².